The molecule has 0 amide bonds. The Morgan fingerprint density at radius 3 is 2.00 bits per heavy atom. The van der Waals surface area contributed by atoms with Crippen LogP contribution in [0.3, 0.4) is 0 Å². The zero-order chi connectivity index (χ0) is 11.3. The normalized spacial score (nSPS) is 19.5. The fraction of sp³-hybridized carbons (Fsp3) is 0.833. The first kappa shape index (κ1) is 14.1. The number of rotatable bonds is 6. The summed E-state index contributed by atoms with van der Waals surface area (Å²) >= 11 is -2.46. The van der Waals surface area contributed by atoms with Crippen molar-refractivity contribution in [1.82, 2.24) is 0 Å². The second kappa shape index (κ2) is 6.55. The molecule has 7 nitrogen and oxygen atoms in total. The van der Waals surface area contributed by atoms with Gasteiger partial charge in [0.05, 0.1) is 0 Å². The minimum absolute atomic E-state index is 0.825. The van der Waals surface area contributed by atoms with Crippen molar-refractivity contribution >= 4 is 25.3 Å². The molecule has 0 aliphatic carbocycles. The van der Waals surface area contributed by atoms with Crippen LogP contribution in [0.25, 0.3) is 0 Å². The summed E-state index contributed by atoms with van der Waals surface area (Å²) in [6.45, 7) is -0.825. The van der Waals surface area contributed by atoms with Gasteiger partial charge in [0.15, 0.2) is 0 Å². The van der Waals surface area contributed by atoms with Crippen molar-refractivity contribution in [2.24, 2.45) is 0 Å². The molecule has 0 radical (unpaired) electrons. The average molecular weight is 317 g/mol. The van der Waals surface area contributed by atoms with Crippen LogP contribution in [0.15, 0.2) is 0 Å². The van der Waals surface area contributed by atoms with E-state index in [0.29, 0.717) is 0 Å². The van der Waals surface area contributed by atoms with Gasteiger partial charge in [0.25, 0.3) is 0 Å². The third-order valence-electron chi connectivity index (χ3n) is 1.60. The Labute approximate surface area is 89.9 Å². The number of aliphatic hydroxyl groups is 5. The molecule has 0 fully saturated rings. The SMILES string of the molecule is [O]=[Sb][C](=O)[C@H](O)[C@@H](O)[C@H](O)[C@H](O)CO. The zero-order valence-electron chi connectivity index (χ0n) is 7.02. The number of carbonyl (C=O) groups excluding carboxylic acids is 1. The van der Waals surface area contributed by atoms with Gasteiger partial charge in [-0.1, -0.05) is 0 Å². The van der Waals surface area contributed by atoms with Crippen LogP contribution in [0.4, 0.5) is 0 Å². The maximum absolute atomic E-state index is 10.7. The third kappa shape index (κ3) is 3.68. The fourth-order valence-corrected chi connectivity index (χ4v) is 1.47. The van der Waals surface area contributed by atoms with Gasteiger partial charge >= 0.3 is 89.7 Å². The first-order chi connectivity index (χ1) is 6.45. The van der Waals surface area contributed by atoms with Crippen LogP contribution >= 0.6 is 0 Å². The van der Waals surface area contributed by atoms with Gasteiger partial charge in [0.1, 0.15) is 0 Å². The van der Waals surface area contributed by atoms with Gasteiger partial charge in [-0.3, -0.25) is 0 Å². The summed E-state index contributed by atoms with van der Waals surface area (Å²) < 4.78 is 9.13. The Hall–Kier alpha value is 0.0882. The van der Waals surface area contributed by atoms with Gasteiger partial charge in [-0.25, -0.2) is 0 Å². The number of hydrogen-bond donors (Lipinski definition) is 5. The van der Waals surface area contributed by atoms with Crippen molar-refractivity contribution in [3.05, 3.63) is 0 Å². The van der Waals surface area contributed by atoms with Crippen LogP contribution in [0, 0.1) is 0 Å². The van der Waals surface area contributed by atoms with Crippen molar-refractivity contribution < 1.29 is 33.3 Å². The summed E-state index contributed by atoms with van der Waals surface area (Å²) in [4.78, 5) is 10.7. The molecule has 4 atom stereocenters. The molecule has 8 heteroatoms. The van der Waals surface area contributed by atoms with Gasteiger partial charge < -0.3 is 0 Å². The van der Waals surface area contributed by atoms with E-state index in [-0.39, 0.29) is 0 Å². The van der Waals surface area contributed by atoms with Crippen LogP contribution in [0.2, 0.25) is 0 Å². The van der Waals surface area contributed by atoms with Crippen molar-refractivity contribution in [1.29, 1.82) is 0 Å². The minimum atomic E-state index is -2.46. The van der Waals surface area contributed by atoms with Crippen LogP contribution in [-0.4, -0.2) is 81.9 Å². The van der Waals surface area contributed by atoms with Crippen molar-refractivity contribution in [2.75, 3.05) is 6.61 Å². The molecule has 5 N–H and O–H groups in total. The molecule has 0 rings (SSSR count). The average Bonchev–Trinajstić information content (AvgIpc) is 2.23. The monoisotopic (exact) mass is 316 g/mol. The molecule has 0 bridgehead atoms. The Morgan fingerprint density at radius 2 is 1.64 bits per heavy atom. The Balaban J connectivity index is 4.37. The van der Waals surface area contributed by atoms with Gasteiger partial charge in [-0.05, 0) is 0 Å². The second-order valence-electron chi connectivity index (χ2n) is 2.61. The summed E-state index contributed by atoms with van der Waals surface area (Å²) in [5, 5.41) is 44.4. The fourth-order valence-electron chi connectivity index (χ4n) is 0.722. The predicted octanol–water partition coefficient (Wildman–Crippen LogP) is -4.00. The van der Waals surface area contributed by atoms with E-state index in [4.69, 9.17) is 25.5 Å². The van der Waals surface area contributed by atoms with Gasteiger partial charge in [-0.2, -0.15) is 0 Å². The van der Waals surface area contributed by atoms with Crippen LogP contribution < -0.4 is 0 Å². The molecule has 82 valence electrons. The molecule has 0 saturated heterocycles. The molecule has 0 aromatic heterocycles. The number of hydrogen-bond acceptors (Lipinski definition) is 7. The summed E-state index contributed by atoms with van der Waals surface area (Å²) in [5.41, 5.74) is 0. The molecule has 0 aliphatic heterocycles. The third-order valence-corrected chi connectivity index (χ3v) is 2.87. The van der Waals surface area contributed by atoms with E-state index in [2.05, 4.69) is 0 Å². The van der Waals surface area contributed by atoms with E-state index >= 15 is 0 Å². The maximum atomic E-state index is 10.7. The summed E-state index contributed by atoms with van der Waals surface area (Å²) in [6.07, 6.45) is -7.46. The van der Waals surface area contributed by atoms with Crippen LogP contribution in [-0.2, 0) is 7.81 Å². The van der Waals surface area contributed by atoms with E-state index in [9.17, 15) is 7.81 Å². The first-order valence-corrected chi connectivity index (χ1v) is 5.97. The molecule has 0 aliphatic rings. The van der Waals surface area contributed by atoms with Crippen molar-refractivity contribution in [3.8, 4) is 0 Å². The zero-order valence-corrected chi connectivity index (χ0v) is 9.57. The van der Waals surface area contributed by atoms with E-state index in [1.165, 1.54) is 0 Å². The predicted molar refractivity (Wildman–Crippen MR) is 42.6 cm³/mol. The standard InChI is InChI=1S/C6H11O6.O.Sb/c7-1-3(9)5(11)6(12)4(10)2-8;;/h3-7,9-12H,1H2;;/t3-,4+,5-,6-;;/m1../s1. The van der Waals surface area contributed by atoms with Gasteiger partial charge in [0.2, 0.25) is 0 Å². The first-order valence-electron chi connectivity index (χ1n) is 3.66. The van der Waals surface area contributed by atoms with Crippen LogP contribution in [0.1, 0.15) is 0 Å². The topological polar surface area (TPSA) is 135 Å². The molecule has 0 heterocycles. The molecule has 0 aromatic rings. The molecule has 0 aromatic carbocycles. The molecular formula is C6H11O7Sb. The summed E-state index contributed by atoms with van der Waals surface area (Å²) in [7, 11) is 0. The summed E-state index contributed by atoms with van der Waals surface area (Å²) in [6, 6.07) is 0. The quantitative estimate of drug-likeness (QED) is 0.315. The summed E-state index contributed by atoms with van der Waals surface area (Å²) in [5.74, 6) is 0. The number of aliphatic hydroxyl groups excluding tert-OH is 5. The van der Waals surface area contributed by atoms with Crippen molar-refractivity contribution in [3.63, 3.8) is 0 Å². The molecule has 0 saturated carbocycles. The number of carbonyl (C=O) groups is 1. The van der Waals surface area contributed by atoms with Crippen LogP contribution in [0.5, 0.6) is 0 Å². The Morgan fingerprint density at radius 1 is 1.14 bits per heavy atom. The molecule has 14 heavy (non-hydrogen) atoms. The molecular weight excluding hydrogens is 306 g/mol. The van der Waals surface area contributed by atoms with E-state index in [0.717, 1.165) is 0 Å². The Kier molecular flexibility index (Phi) is 6.59. The van der Waals surface area contributed by atoms with Crippen molar-refractivity contribution in [2.45, 2.75) is 24.4 Å². The second-order valence-corrected chi connectivity index (χ2v) is 4.38. The van der Waals surface area contributed by atoms with E-state index < -0.39 is 56.4 Å². The van der Waals surface area contributed by atoms with E-state index in [1.54, 1.807) is 0 Å². The molecule has 0 unspecified atom stereocenters. The van der Waals surface area contributed by atoms with Gasteiger partial charge in [0, 0.05) is 0 Å². The van der Waals surface area contributed by atoms with E-state index in [1.807, 2.05) is 0 Å². The Bertz CT molecular complexity index is 208. The molecule has 0 spiro atoms. The van der Waals surface area contributed by atoms with Gasteiger partial charge in [-0.15, -0.1) is 0 Å².